The lowest BCUT2D eigenvalue weighted by atomic mass is 9.95. The summed E-state index contributed by atoms with van der Waals surface area (Å²) in [6, 6.07) is 15.1. The van der Waals surface area contributed by atoms with Crippen LogP contribution in [0.1, 0.15) is 42.1 Å². The van der Waals surface area contributed by atoms with E-state index in [1.165, 1.54) is 11.1 Å². The third-order valence-electron chi connectivity index (χ3n) is 3.63. The van der Waals surface area contributed by atoms with Gasteiger partial charge in [-0.05, 0) is 42.1 Å². The Balaban J connectivity index is 2.47. The molecular weight excluding hydrogens is 266 g/mol. The summed E-state index contributed by atoms with van der Waals surface area (Å²) in [6.07, 6.45) is 1.05. The second-order valence-corrected chi connectivity index (χ2v) is 5.45. The van der Waals surface area contributed by atoms with E-state index in [-0.39, 0.29) is 6.04 Å². The first-order chi connectivity index (χ1) is 9.67. The summed E-state index contributed by atoms with van der Waals surface area (Å²) in [5, 5.41) is 4.41. The predicted octanol–water partition coefficient (Wildman–Crippen LogP) is 4.91. The van der Waals surface area contributed by atoms with Gasteiger partial charge in [-0.15, -0.1) is 0 Å². The Kier molecular flexibility index (Phi) is 5.22. The molecule has 0 saturated carbocycles. The van der Waals surface area contributed by atoms with Crippen LogP contribution in [-0.4, -0.2) is 6.54 Å². The van der Waals surface area contributed by atoms with E-state index in [1.54, 1.807) is 0 Å². The zero-order valence-corrected chi connectivity index (χ0v) is 13.2. The minimum atomic E-state index is 0.152. The SMILES string of the molecule is CCNC(c1cccc(CC)c1)c1cccc(C)c1Cl. The highest BCUT2D eigenvalue weighted by atomic mass is 35.5. The van der Waals surface area contributed by atoms with Crippen LogP contribution in [0.3, 0.4) is 0 Å². The minimum absolute atomic E-state index is 0.152. The molecule has 0 saturated heterocycles. The third kappa shape index (κ3) is 3.23. The van der Waals surface area contributed by atoms with Crippen LogP contribution in [-0.2, 0) is 6.42 Å². The Hall–Kier alpha value is -1.31. The van der Waals surface area contributed by atoms with Crippen molar-refractivity contribution in [1.29, 1.82) is 0 Å². The molecule has 2 rings (SSSR count). The van der Waals surface area contributed by atoms with Crippen molar-refractivity contribution in [1.82, 2.24) is 5.32 Å². The van der Waals surface area contributed by atoms with Crippen molar-refractivity contribution in [2.24, 2.45) is 0 Å². The first kappa shape index (κ1) is 15.1. The van der Waals surface area contributed by atoms with Crippen molar-refractivity contribution >= 4 is 11.6 Å². The van der Waals surface area contributed by atoms with Gasteiger partial charge in [-0.3, -0.25) is 0 Å². The largest absolute Gasteiger partial charge is 0.306 e. The maximum atomic E-state index is 6.51. The normalized spacial score (nSPS) is 12.4. The van der Waals surface area contributed by atoms with Gasteiger partial charge >= 0.3 is 0 Å². The van der Waals surface area contributed by atoms with Crippen LogP contribution in [0, 0.1) is 6.92 Å². The van der Waals surface area contributed by atoms with Crippen LogP contribution < -0.4 is 5.32 Å². The molecule has 1 atom stereocenters. The monoisotopic (exact) mass is 287 g/mol. The van der Waals surface area contributed by atoms with Gasteiger partial charge < -0.3 is 5.32 Å². The molecule has 1 nitrogen and oxygen atoms in total. The van der Waals surface area contributed by atoms with Crippen LogP contribution >= 0.6 is 11.6 Å². The fourth-order valence-corrected chi connectivity index (χ4v) is 2.73. The zero-order valence-electron chi connectivity index (χ0n) is 12.4. The summed E-state index contributed by atoms with van der Waals surface area (Å²) in [7, 11) is 0. The first-order valence-electron chi connectivity index (χ1n) is 7.24. The molecule has 1 unspecified atom stereocenters. The van der Waals surface area contributed by atoms with Crippen molar-refractivity contribution in [3.05, 3.63) is 69.7 Å². The number of benzene rings is 2. The van der Waals surface area contributed by atoms with Crippen molar-refractivity contribution in [3.8, 4) is 0 Å². The third-order valence-corrected chi connectivity index (χ3v) is 4.15. The van der Waals surface area contributed by atoms with Gasteiger partial charge in [0.2, 0.25) is 0 Å². The van der Waals surface area contributed by atoms with Gasteiger partial charge in [0, 0.05) is 5.02 Å². The van der Waals surface area contributed by atoms with Crippen LogP contribution in [0.4, 0.5) is 0 Å². The van der Waals surface area contributed by atoms with Gasteiger partial charge in [0.15, 0.2) is 0 Å². The van der Waals surface area contributed by atoms with E-state index >= 15 is 0 Å². The fraction of sp³-hybridized carbons (Fsp3) is 0.333. The molecule has 0 aromatic heterocycles. The van der Waals surface area contributed by atoms with Gasteiger partial charge in [-0.2, -0.15) is 0 Å². The second-order valence-electron chi connectivity index (χ2n) is 5.07. The van der Waals surface area contributed by atoms with Gasteiger partial charge in [0.05, 0.1) is 6.04 Å². The molecule has 0 fully saturated rings. The Morgan fingerprint density at radius 3 is 2.55 bits per heavy atom. The van der Waals surface area contributed by atoms with Crippen molar-refractivity contribution in [3.63, 3.8) is 0 Å². The average Bonchev–Trinajstić information content (AvgIpc) is 2.48. The summed E-state index contributed by atoms with van der Waals surface area (Å²) in [4.78, 5) is 0. The number of halogens is 1. The van der Waals surface area contributed by atoms with E-state index in [9.17, 15) is 0 Å². The maximum Gasteiger partial charge on any atom is 0.0591 e. The number of hydrogen-bond acceptors (Lipinski definition) is 1. The first-order valence-corrected chi connectivity index (χ1v) is 7.62. The lowest BCUT2D eigenvalue weighted by Gasteiger charge is -2.21. The lowest BCUT2D eigenvalue weighted by Crippen LogP contribution is -2.22. The van der Waals surface area contributed by atoms with Gasteiger partial charge in [-0.25, -0.2) is 0 Å². The molecule has 106 valence electrons. The maximum absolute atomic E-state index is 6.51. The second kappa shape index (κ2) is 6.92. The molecule has 0 heterocycles. The van der Waals surface area contributed by atoms with E-state index < -0.39 is 0 Å². The molecule has 0 amide bonds. The fourth-order valence-electron chi connectivity index (χ4n) is 2.50. The van der Waals surface area contributed by atoms with Crippen molar-refractivity contribution in [2.75, 3.05) is 6.54 Å². The van der Waals surface area contributed by atoms with Crippen molar-refractivity contribution < 1.29 is 0 Å². The highest BCUT2D eigenvalue weighted by molar-refractivity contribution is 6.32. The van der Waals surface area contributed by atoms with Gasteiger partial charge in [0.25, 0.3) is 0 Å². The quantitative estimate of drug-likeness (QED) is 0.824. The van der Waals surface area contributed by atoms with E-state index in [0.29, 0.717) is 0 Å². The van der Waals surface area contributed by atoms with Crippen LogP contribution in [0.5, 0.6) is 0 Å². The van der Waals surface area contributed by atoms with Crippen LogP contribution in [0.2, 0.25) is 5.02 Å². The summed E-state index contributed by atoms with van der Waals surface area (Å²) >= 11 is 6.51. The molecule has 0 aliphatic rings. The van der Waals surface area contributed by atoms with E-state index in [0.717, 1.165) is 29.1 Å². The summed E-state index contributed by atoms with van der Waals surface area (Å²) in [5.74, 6) is 0. The van der Waals surface area contributed by atoms with Crippen LogP contribution in [0.25, 0.3) is 0 Å². The van der Waals surface area contributed by atoms with Crippen molar-refractivity contribution in [2.45, 2.75) is 33.2 Å². The highest BCUT2D eigenvalue weighted by Crippen LogP contribution is 2.30. The number of rotatable bonds is 5. The molecule has 0 aliphatic carbocycles. The molecule has 0 radical (unpaired) electrons. The summed E-state index contributed by atoms with van der Waals surface area (Å²) in [6.45, 7) is 7.27. The topological polar surface area (TPSA) is 12.0 Å². The molecule has 2 aromatic carbocycles. The molecule has 0 bridgehead atoms. The number of aryl methyl sites for hydroxylation is 2. The highest BCUT2D eigenvalue weighted by Gasteiger charge is 2.17. The minimum Gasteiger partial charge on any atom is -0.306 e. The molecule has 1 N–H and O–H groups in total. The number of nitrogens with one attached hydrogen (secondary N) is 1. The molecule has 0 aliphatic heterocycles. The average molecular weight is 288 g/mol. The van der Waals surface area contributed by atoms with Gasteiger partial charge in [-0.1, -0.05) is 67.9 Å². The predicted molar refractivity (Wildman–Crippen MR) is 87.5 cm³/mol. The Morgan fingerprint density at radius 1 is 1.10 bits per heavy atom. The Bertz CT molecular complexity index is 577. The Morgan fingerprint density at radius 2 is 1.85 bits per heavy atom. The molecule has 20 heavy (non-hydrogen) atoms. The lowest BCUT2D eigenvalue weighted by molar-refractivity contribution is 0.630. The smallest absolute Gasteiger partial charge is 0.0591 e. The molecular formula is C18H22ClN. The standard InChI is InChI=1S/C18H22ClN/c1-4-14-9-7-10-15(12-14)18(20-5-2)16-11-6-8-13(3)17(16)19/h6-12,18,20H,4-5H2,1-3H3. The number of hydrogen-bond donors (Lipinski definition) is 1. The van der Waals surface area contributed by atoms with Crippen LogP contribution in [0.15, 0.2) is 42.5 Å². The zero-order chi connectivity index (χ0) is 14.5. The van der Waals surface area contributed by atoms with E-state index in [2.05, 4.69) is 68.6 Å². The molecule has 0 spiro atoms. The van der Waals surface area contributed by atoms with E-state index in [1.807, 2.05) is 0 Å². The summed E-state index contributed by atoms with van der Waals surface area (Å²) in [5.41, 5.74) is 4.91. The Labute approximate surface area is 127 Å². The summed E-state index contributed by atoms with van der Waals surface area (Å²) < 4.78 is 0. The molecule has 2 heteroatoms. The van der Waals surface area contributed by atoms with Gasteiger partial charge in [0.1, 0.15) is 0 Å². The molecule has 2 aromatic rings. The van der Waals surface area contributed by atoms with E-state index in [4.69, 9.17) is 11.6 Å².